The summed E-state index contributed by atoms with van der Waals surface area (Å²) in [7, 11) is 0. The minimum absolute atomic E-state index is 0.840. The molecule has 0 amide bonds. The van der Waals surface area contributed by atoms with E-state index < -0.39 is 0 Å². The van der Waals surface area contributed by atoms with Crippen LogP contribution in [0.4, 0.5) is 0 Å². The van der Waals surface area contributed by atoms with Crippen LogP contribution in [-0.2, 0) is 6.42 Å². The van der Waals surface area contributed by atoms with Crippen LogP contribution in [0.3, 0.4) is 0 Å². The Hall–Kier alpha value is -1.57. The van der Waals surface area contributed by atoms with Gasteiger partial charge in [-0.15, -0.1) is 6.58 Å². The highest BCUT2D eigenvalue weighted by molar-refractivity contribution is 5.79. The van der Waals surface area contributed by atoms with Gasteiger partial charge in [-0.2, -0.15) is 0 Å². The van der Waals surface area contributed by atoms with E-state index >= 15 is 0 Å². The molecular formula is C10H11NO. The second kappa shape index (κ2) is 4.34. The predicted octanol–water partition coefficient (Wildman–Crippen LogP) is 2.22. The van der Waals surface area contributed by atoms with Crippen LogP contribution in [0, 0.1) is 0 Å². The quantitative estimate of drug-likeness (QED) is 0.313. The number of nitrogens with zero attached hydrogens (tertiary/aromatic N) is 1. The fourth-order valence-corrected chi connectivity index (χ4v) is 1.03. The molecule has 12 heavy (non-hydrogen) atoms. The van der Waals surface area contributed by atoms with Gasteiger partial charge in [0.25, 0.3) is 0 Å². The van der Waals surface area contributed by atoms with Crippen molar-refractivity contribution < 1.29 is 5.21 Å². The molecule has 0 fully saturated rings. The second-order valence-corrected chi connectivity index (χ2v) is 2.48. The minimum atomic E-state index is 0.840. The molecule has 0 aliphatic carbocycles. The van der Waals surface area contributed by atoms with Crippen LogP contribution in [0.2, 0.25) is 0 Å². The fourth-order valence-electron chi connectivity index (χ4n) is 1.03. The summed E-state index contributed by atoms with van der Waals surface area (Å²) in [6.45, 7) is 3.65. The van der Waals surface area contributed by atoms with Crippen molar-refractivity contribution in [3.8, 4) is 0 Å². The first-order valence-electron chi connectivity index (χ1n) is 3.74. The van der Waals surface area contributed by atoms with Crippen LogP contribution in [0.5, 0.6) is 0 Å². The molecule has 2 heteroatoms. The van der Waals surface area contributed by atoms with Crippen LogP contribution in [0.25, 0.3) is 0 Å². The van der Waals surface area contributed by atoms with Crippen LogP contribution in [0.15, 0.2) is 42.1 Å². The summed E-state index contributed by atoms with van der Waals surface area (Å²) >= 11 is 0. The number of rotatable bonds is 3. The Morgan fingerprint density at radius 2 is 2.33 bits per heavy atom. The number of hydrogen-bond acceptors (Lipinski definition) is 2. The lowest BCUT2D eigenvalue weighted by atomic mass is 10.1. The first-order chi connectivity index (χ1) is 5.86. The van der Waals surface area contributed by atoms with E-state index in [-0.39, 0.29) is 0 Å². The zero-order chi connectivity index (χ0) is 8.81. The van der Waals surface area contributed by atoms with Gasteiger partial charge in [0.05, 0.1) is 6.21 Å². The first-order valence-corrected chi connectivity index (χ1v) is 3.74. The van der Waals surface area contributed by atoms with Gasteiger partial charge in [0, 0.05) is 0 Å². The molecule has 0 unspecified atom stereocenters. The molecule has 0 saturated carbocycles. The van der Waals surface area contributed by atoms with E-state index in [1.807, 2.05) is 30.3 Å². The molecule has 0 radical (unpaired) electrons. The summed E-state index contributed by atoms with van der Waals surface area (Å²) in [4.78, 5) is 0. The highest BCUT2D eigenvalue weighted by Gasteiger charge is 1.90. The van der Waals surface area contributed by atoms with Crippen molar-refractivity contribution in [1.29, 1.82) is 0 Å². The molecule has 0 aliphatic rings. The Morgan fingerprint density at radius 3 is 3.00 bits per heavy atom. The normalized spacial score (nSPS) is 10.3. The van der Waals surface area contributed by atoms with E-state index in [1.165, 1.54) is 11.8 Å². The van der Waals surface area contributed by atoms with E-state index in [4.69, 9.17) is 5.21 Å². The lowest BCUT2D eigenvalue weighted by molar-refractivity contribution is 0.322. The van der Waals surface area contributed by atoms with Gasteiger partial charge in [-0.1, -0.05) is 29.4 Å². The average molecular weight is 161 g/mol. The molecule has 0 heterocycles. The van der Waals surface area contributed by atoms with Gasteiger partial charge < -0.3 is 5.21 Å². The minimum Gasteiger partial charge on any atom is -0.411 e. The number of hydrogen-bond donors (Lipinski definition) is 1. The van der Waals surface area contributed by atoms with Gasteiger partial charge >= 0.3 is 0 Å². The molecule has 1 rings (SSSR count). The molecule has 0 spiro atoms. The van der Waals surface area contributed by atoms with Crippen molar-refractivity contribution >= 4 is 6.21 Å². The monoisotopic (exact) mass is 161 g/mol. The third-order valence-corrected chi connectivity index (χ3v) is 1.54. The zero-order valence-electron chi connectivity index (χ0n) is 6.77. The summed E-state index contributed by atoms with van der Waals surface area (Å²) in [5.74, 6) is 0. The van der Waals surface area contributed by atoms with E-state index in [9.17, 15) is 0 Å². The van der Waals surface area contributed by atoms with Crippen molar-refractivity contribution in [2.45, 2.75) is 6.42 Å². The zero-order valence-corrected chi connectivity index (χ0v) is 6.77. The van der Waals surface area contributed by atoms with Crippen molar-refractivity contribution in [2.75, 3.05) is 0 Å². The summed E-state index contributed by atoms with van der Waals surface area (Å²) in [6, 6.07) is 7.78. The maximum Gasteiger partial charge on any atom is 0.0733 e. The Kier molecular flexibility index (Phi) is 3.08. The number of oxime groups is 1. The highest BCUT2D eigenvalue weighted by Crippen LogP contribution is 2.04. The van der Waals surface area contributed by atoms with E-state index in [1.54, 1.807) is 0 Å². The number of benzene rings is 1. The first kappa shape index (κ1) is 8.53. The smallest absolute Gasteiger partial charge is 0.0733 e. The molecule has 1 aromatic rings. The largest absolute Gasteiger partial charge is 0.411 e. The lowest BCUT2D eigenvalue weighted by Gasteiger charge is -1.96. The summed E-state index contributed by atoms with van der Waals surface area (Å²) in [5, 5.41) is 11.2. The average Bonchev–Trinajstić information content (AvgIpc) is 2.06. The summed E-state index contributed by atoms with van der Waals surface area (Å²) < 4.78 is 0. The van der Waals surface area contributed by atoms with Gasteiger partial charge in [-0.05, 0) is 23.6 Å². The molecule has 1 N–H and O–H groups in total. The number of allylic oxidation sites excluding steroid dienone is 1. The summed E-state index contributed by atoms with van der Waals surface area (Å²) in [5.41, 5.74) is 2.07. The van der Waals surface area contributed by atoms with E-state index in [0.717, 1.165) is 12.0 Å². The van der Waals surface area contributed by atoms with Gasteiger partial charge in [0.1, 0.15) is 0 Å². The molecule has 0 saturated heterocycles. The molecule has 62 valence electrons. The van der Waals surface area contributed by atoms with Gasteiger partial charge in [-0.3, -0.25) is 0 Å². The topological polar surface area (TPSA) is 32.6 Å². The SMILES string of the molecule is C=CCc1cccc(/C=N/O)c1. The molecule has 0 aromatic heterocycles. The van der Waals surface area contributed by atoms with E-state index in [2.05, 4.69) is 11.7 Å². The Balaban J connectivity index is 2.87. The van der Waals surface area contributed by atoms with Crippen LogP contribution in [-0.4, -0.2) is 11.4 Å². The molecule has 0 atom stereocenters. The maximum atomic E-state index is 8.29. The Labute approximate surface area is 71.8 Å². The Bertz CT molecular complexity index is 292. The second-order valence-electron chi connectivity index (χ2n) is 2.48. The van der Waals surface area contributed by atoms with Gasteiger partial charge in [-0.25, -0.2) is 0 Å². The van der Waals surface area contributed by atoms with Crippen molar-refractivity contribution in [3.63, 3.8) is 0 Å². The maximum absolute atomic E-state index is 8.29. The highest BCUT2D eigenvalue weighted by atomic mass is 16.4. The molecule has 1 aromatic carbocycles. The molecular weight excluding hydrogens is 150 g/mol. The van der Waals surface area contributed by atoms with Gasteiger partial charge in [0.2, 0.25) is 0 Å². The third kappa shape index (κ3) is 2.23. The molecule has 0 aliphatic heterocycles. The predicted molar refractivity (Wildman–Crippen MR) is 49.7 cm³/mol. The van der Waals surface area contributed by atoms with E-state index in [0.29, 0.717) is 0 Å². The van der Waals surface area contributed by atoms with Crippen LogP contribution in [0.1, 0.15) is 11.1 Å². The van der Waals surface area contributed by atoms with Crippen LogP contribution >= 0.6 is 0 Å². The van der Waals surface area contributed by atoms with Crippen molar-refractivity contribution in [2.24, 2.45) is 5.16 Å². The fraction of sp³-hybridized carbons (Fsp3) is 0.100. The standard InChI is InChI=1S/C10H11NO/c1-2-4-9-5-3-6-10(7-9)8-11-12/h2-3,5-8,12H,1,4H2/b11-8+. The van der Waals surface area contributed by atoms with Crippen LogP contribution < -0.4 is 0 Å². The summed E-state index contributed by atoms with van der Waals surface area (Å²) in [6.07, 6.45) is 4.09. The molecule has 0 bridgehead atoms. The van der Waals surface area contributed by atoms with Crippen molar-refractivity contribution in [1.82, 2.24) is 0 Å². The lowest BCUT2D eigenvalue weighted by Crippen LogP contribution is -1.85. The van der Waals surface area contributed by atoms with Crippen molar-refractivity contribution in [3.05, 3.63) is 48.0 Å². The van der Waals surface area contributed by atoms with Gasteiger partial charge in [0.15, 0.2) is 0 Å². The Morgan fingerprint density at radius 1 is 1.50 bits per heavy atom. The molecule has 2 nitrogen and oxygen atoms in total. The third-order valence-electron chi connectivity index (χ3n) is 1.54.